The van der Waals surface area contributed by atoms with Crippen molar-refractivity contribution in [1.82, 2.24) is 4.90 Å². The standard InChI is InChI=1S/C11H21N/c1-9(2)12-5-4-11(8-12)6-10(3)7-11/h9-10H,4-8H2,1-3H3. The lowest BCUT2D eigenvalue weighted by atomic mass is 9.62. The molecular weight excluding hydrogens is 146 g/mol. The number of hydrogen-bond donors (Lipinski definition) is 0. The van der Waals surface area contributed by atoms with Gasteiger partial charge >= 0.3 is 0 Å². The third-order valence-electron chi connectivity index (χ3n) is 3.76. The van der Waals surface area contributed by atoms with Gasteiger partial charge < -0.3 is 4.90 Å². The first-order valence-corrected chi connectivity index (χ1v) is 5.35. The van der Waals surface area contributed by atoms with Crippen LogP contribution in [0.3, 0.4) is 0 Å². The maximum Gasteiger partial charge on any atom is 0.00414 e. The van der Waals surface area contributed by atoms with Crippen molar-refractivity contribution < 1.29 is 0 Å². The summed E-state index contributed by atoms with van der Waals surface area (Å²) in [5.74, 6) is 1.01. The van der Waals surface area contributed by atoms with Crippen LogP contribution >= 0.6 is 0 Å². The van der Waals surface area contributed by atoms with Gasteiger partial charge in [-0.3, -0.25) is 0 Å². The van der Waals surface area contributed by atoms with Gasteiger partial charge in [-0.2, -0.15) is 0 Å². The zero-order valence-electron chi connectivity index (χ0n) is 8.64. The van der Waals surface area contributed by atoms with Crippen LogP contribution in [0.2, 0.25) is 0 Å². The van der Waals surface area contributed by atoms with Crippen LogP contribution in [0.1, 0.15) is 40.0 Å². The van der Waals surface area contributed by atoms with Gasteiger partial charge in [-0.25, -0.2) is 0 Å². The number of rotatable bonds is 1. The van der Waals surface area contributed by atoms with E-state index in [9.17, 15) is 0 Å². The minimum atomic E-state index is 0.764. The predicted molar refractivity (Wildman–Crippen MR) is 52.2 cm³/mol. The Kier molecular flexibility index (Phi) is 1.95. The van der Waals surface area contributed by atoms with Gasteiger partial charge in [0, 0.05) is 12.6 Å². The Morgan fingerprint density at radius 1 is 1.33 bits per heavy atom. The second kappa shape index (κ2) is 2.73. The van der Waals surface area contributed by atoms with E-state index >= 15 is 0 Å². The quantitative estimate of drug-likeness (QED) is 0.580. The molecular formula is C11H21N. The van der Waals surface area contributed by atoms with Gasteiger partial charge in [-0.1, -0.05) is 6.92 Å². The third-order valence-corrected chi connectivity index (χ3v) is 3.76. The highest BCUT2D eigenvalue weighted by atomic mass is 15.2. The Labute approximate surface area is 76.1 Å². The fourth-order valence-electron chi connectivity index (χ4n) is 3.16. The minimum Gasteiger partial charge on any atom is -0.300 e. The molecule has 0 N–H and O–H groups in total. The highest BCUT2D eigenvalue weighted by Gasteiger charge is 2.46. The van der Waals surface area contributed by atoms with Crippen molar-refractivity contribution in [2.24, 2.45) is 11.3 Å². The Hall–Kier alpha value is -0.0400. The molecule has 0 unspecified atom stereocenters. The van der Waals surface area contributed by atoms with Crippen LogP contribution < -0.4 is 0 Å². The van der Waals surface area contributed by atoms with Gasteiger partial charge in [-0.05, 0) is 51.0 Å². The van der Waals surface area contributed by atoms with E-state index in [4.69, 9.17) is 0 Å². The minimum absolute atomic E-state index is 0.764. The van der Waals surface area contributed by atoms with Crippen LogP contribution in [0.25, 0.3) is 0 Å². The molecule has 70 valence electrons. The van der Waals surface area contributed by atoms with E-state index in [0.29, 0.717) is 0 Å². The van der Waals surface area contributed by atoms with Crippen molar-refractivity contribution in [2.75, 3.05) is 13.1 Å². The van der Waals surface area contributed by atoms with Crippen molar-refractivity contribution in [1.29, 1.82) is 0 Å². The molecule has 12 heavy (non-hydrogen) atoms. The molecule has 2 rings (SSSR count). The smallest absolute Gasteiger partial charge is 0.00414 e. The maximum absolute atomic E-state index is 2.64. The largest absolute Gasteiger partial charge is 0.300 e. The Balaban J connectivity index is 1.90. The normalized spacial score (nSPS) is 42.5. The van der Waals surface area contributed by atoms with E-state index < -0.39 is 0 Å². The molecule has 1 heteroatoms. The molecule has 0 atom stereocenters. The van der Waals surface area contributed by atoms with Crippen molar-refractivity contribution in [3.8, 4) is 0 Å². The molecule has 1 spiro atoms. The first-order valence-electron chi connectivity index (χ1n) is 5.35. The fraction of sp³-hybridized carbons (Fsp3) is 1.00. The van der Waals surface area contributed by atoms with Crippen LogP contribution in [0.15, 0.2) is 0 Å². The van der Waals surface area contributed by atoms with Crippen molar-refractivity contribution in [2.45, 2.75) is 46.1 Å². The molecule has 1 saturated heterocycles. The molecule has 0 bridgehead atoms. The zero-order valence-corrected chi connectivity index (χ0v) is 8.64. The molecule has 1 aliphatic carbocycles. The van der Waals surface area contributed by atoms with Gasteiger partial charge in [0.2, 0.25) is 0 Å². The predicted octanol–water partition coefficient (Wildman–Crippen LogP) is 2.52. The highest BCUT2D eigenvalue weighted by molar-refractivity contribution is 4.99. The second-order valence-corrected chi connectivity index (χ2v) is 5.33. The molecule has 1 saturated carbocycles. The molecule has 0 aromatic rings. The number of nitrogens with zero attached hydrogens (tertiary/aromatic N) is 1. The van der Waals surface area contributed by atoms with Gasteiger partial charge in [0.15, 0.2) is 0 Å². The maximum atomic E-state index is 2.64. The van der Waals surface area contributed by atoms with E-state index in [1.807, 2.05) is 0 Å². The van der Waals surface area contributed by atoms with Gasteiger partial charge in [0.25, 0.3) is 0 Å². The first kappa shape index (κ1) is 8.55. The Bertz CT molecular complexity index is 168. The van der Waals surface area contributed by atoms with Crippen LogP contribution in [0.4, 0.5) is 0 Å². The molecule has 0 radical (unpaired) electrons. The van der Waals surface area contributed by atoms with Crippen LogP contribution in [-0.4, -0.2) is 24.0 Å². The van der Waals surface area contributed by atoms with E-state index in [-0.39, 0.29) is 0 Å². The molecule has 0 amide bonds. The Morgan fingerprint density at radius 3 is 2.42 bits per heavy atom. The molecule has 0 aromatic carbocycles. The lowest BCUT2D eigenvalue weighted by Gasteiger charge is -2.44. The van der Waals surface area contributed by atoms with Crippen LogP contribution in [0, 0.1) is 11.3 Å². The second-order valence-electron chi connectivity index (χ2n) is 5.33. The summed E-state index contributed by atoms with van der Waals surface area (Å²) in [5, 5.41) is 0. The summed E-state index contributed by atoms with van der Waals surface area (Å²) in [5.41, 5.74) is 0.768. The fourth-order valence-corrected chi connectivity index (χ4v) is 3.16. The summed E-state index contributed by atoms with van der Waals surface area (Å²) in [4.78, 5) is 2.64. The monoisotopic (exact) mass is 167 g/mol. The van der Waals surface area contributed by atoms with Crippen molar-refractivity contribution >= 4 is 0 Å². The van der Waals surface area contributed by atoms with E-state index in [1.54, 1.807) is 0 Å². The SMILES string of the molecule is CC1CC2(CCN(C(C)C)C2)C1. The lowest BCUT2D eigenvalue weighted by Crippen LogP contribution is -2.39. The Morgan fingerprint density at radius 2 is 2.00 bits per heavy atom. The number of likely N-dealkylation sites (tertiary alicyclic amines) is 1. The summed E-state index contributed by atoms with van der Waals surface area (Å²) >= 11 is 0. The summed E-state index contributed by atoms with van der Waals surface area (Å²) in [6.45, 7) is 9.77. The summed E-state index contributed by atoms with van der Waals surface area (Å²) in [7, 11) is 0. The first-order chi connectivity index (χ1) is 5.61. The van der Waals surface area contributed by atoms with Gasteiger partial charge in [0.05, 0.1) is 0 Å². The number of hydrogen-bond acceptors (Lipinski definition) is 1. The summed E-state index contributed by atoms with van der Waals surface area (Å²) < 4.78 is 0. The molecule has 0 aromatic heterocycles. The molecule has 2 fully saturated rings. The van der Waals surface area contributed by atoms with Crippen molar-refractivity contribution in [3.05, 3.63) is 0 Å². The third kappa shape index (κ3) is 1.28. The van der Waals surface area contributed by atoms with Crippen LogP contribution in [-0.2, 0) is 0 Å². The average Bonchev–Trinajstić information content (AvgIpc) is 2.31. The van der Waals surface area contributed by atoms with E-state index in [1.165, 1.54) is 32.4 Å². The van der Waals surface area contributed by atoms with E-state index in [2.05, 4.69) is 25.7 Å². The molecule has 2 aliphatic rings. The summed E-state index contributed by atoms with van der Waals surface area (Å²) in [6.07, 6.45) is 4.46. The van der Waals surface area contributed by atoms with Crippen LogP contribution in [0.5, 0.6) is 0 Å². The molecule has 1 heterocycles. The lowest BCUT2D eigenvalue weighted by molar-refractivity contribution is 0.0702. The van der Waals surface area contributed by atoms with Crippen molar-refractivity contribution in [3.63, 3.8) is 0 Å². The van der Waals surface area contributed by atoms with Gasteiger partial charge in [-0.15, -0.1) is 0 Å². The highest BCUT2D eigenvalue weighted by Crippen LogP contribution is 2.51. The molecule has 1 nitrogen and oxygen atoms in total. The topological polar surface area (TPSA) is 3.24 Å². The van der Waals surface area contributed by atoms with Gasteiger partial charge in [0.1, 0.15) is 0 Å². The zero-order chi connectivity index (χ0) is 8.77. The van der Waals surface area contributed by atoms with E-state index in [0.717, 1.165) is 17.4 Å². The summed E-state index contributed by atoms with van der Waals surface area (Å²) in [6, 6.07) is 0.764. The average molecular weight is 167 g/mol. The molecule has 1 aliphatic heterocycles.